The molecule has 1 aromatic rings. The van der Waals surface area contributed by atoms with E-state index in [1.54, 1.807) is 22.4 Å². The van der Waals surface area contributed by atoms with Crippen molar-refractivity contribution in [1.29, 1.82) is 0 Å². The highest BCUT2D eigenvalue weighted by molar-refractivity contribution is 7.06. The second kappa shape index (κ2) is 4.21. The molecule has 0 saturated heterocycles. The summed E-state index contributed by atoms with van der Waals surface area (Å²) in [5, 5.41) is 6.25. The van der Waals surface area contributed by atoms with Crippen molar-refractivity contribution in [2.24, 2.45) is 0 Å². The van der Waals surface area contributed by atoms with Gasteiger partial charge in [0.2, 0.25) is 5.51 Å². The van der Waals surface area contributed by atoms with Crippen molar-refractivity contribution in [1.82, 2.24) is 5.10 Å². The van der Waals surface area contributed by atoms with Crippen LogP contribution in [0.25, 0.3) is 0 Å². The van der Waals surface area contributed by atoms with E-state index in [1.807, 2.05) is 0 Å². The van der Waals surface area contributed by atoms with Crippen LogP contribution in [-0.4, -0.2) is 12.4 Å². The number of aromatic amines is 1. The van der Waals surface area contributed by atoms with Gasteiger partial charge in [-0.1, -0.05) is 16.4 Å². The molecule has 1 aromatic heterocycles. The first-order valence-corrected chi connectivity index (χ1v) is 3.06. The van der Waals surface area contributed by atoms with Crippen molar-refractivity contribution >= 4 is 18.6 Å². The highest BCUT2D eigenvalue weighted by Crippen LogP contribution is 2.06. The second-order valence-corrected chi connectivity index (χ2v) is 1.83. The first kappa shape index (κ1) is 9.34. The Morgan fingerprint density at radius 3 is 1.90 bits per heavy atom. The van der Waals surface area contributed by atoms with Crippen molar-refractivity contribution in [2.75, 3.05) is 0 Å². The van der Waals surface area contributed by atoms with Gasteiger partial charge in [-0.2, -0.15) is 0 Å². The van der Waals surface area contributed by atoms with Gasteiger partial charge in [-0.3, -0.25) is 0 Å². The van der Waals surface area contributed by atoms with Crippen LogP contribution in [0.1, 0.15) is 0 Å². The minimum atomic E-state index is -6.00. The van der Waals surface area contributed by atoms with Crippen molar-refractivity contribution < 1.29 is 22.4 Å². The van der Waals surface area contributed by atoms with Crippen molar-refractivity contribution in [3.8, 4) is 0 Å². The Hall–Kier alpha value is -0.655. The molecule has 1 heterocycles. The van der Waals surface area contributed by atoms with Crippen LogP contribution in [-0.2, 0) is 0 Å². The van der Waals surface area contributed by atoms with Gasteiger partial charge in [-0.15, -0.1) is 0 Å². The first-order chi connectivity index (χ1) is 4.50. The van der Waals surface area contributed by atoms with Gasteiger partial charge in [0.15, 0.2) is 5.51 Å². The lowest BCUT2D eigenvalue weighted by Gasteiger charge is -1.94. The number of rotatable bonds is 0. The molecule has 0 fully saturated rings. The maximum absolute atomic E-state index is 9.75. The van der Waals surface area contributed by atoms with Gasteiger partial charge >= 0.3 is 7.25 Å². The molecule has 0 aromatic carbocycles. The first-order valence-electron chi connectivity index (χ1n) is 2.11. The summed E-state index contributed by atoms with van der Waals surface area (Å²) < 4.78 is 39.0. The fraction of sp³-hybridized carbons (Fsp3) is 0. The normalized spacial score (nSPS) is 10.0. The Morgan fingerprint density at radius 1 is 1.30 bits per heavy atom. The zero-order valence-electron chi connectivity index (χ0n) is 4.60. The van der Waals surface area contributed by atoms with Gasteiger partial charge in [-0.25, -0.2) is 0 Å². The Morgan fingerprint density at radius 2 is 1.80 bits per heavy atom. The van der Waals surface area contributed by atoms with E-state index in [2.05, 4.69) is 10.2 Å². The molecule has 0 aliphatic rings. The minimum absolute atomic E-state index is 1.55. The molecule has 0 saturated carbocycles. The summed E-state index contributed by atoms with van der Waals surface area (Å²) in [6.07, 6.45) is 0. The van der Waals surface area contributed by atoms with Crippen molar-refractivity contribution in [2.45, 2.75) is 0 Å². The number of halogens is 4. The van der Waals surface area contributed by atoms with Crippen LogP contribution in [0.2, 0.25) is 0 Å². The number of aromatic nitrogens is 2. The lowest BCUT2D eigenvalue weighted by molar-refractivity contribution is -0.447. The summed E-state index contributed by atoms with van der Waals surface area (Å²) in [6, 6.07) is 0. The number of nitrogens with zero attached hydrogens (tertiary/aromatic N) is 1. The monoisotopic (exact) mass is 174 g/mol. The highest BCUT2D eigenvalue weighted by Gasteiger charge is 2.20. The fourth-order valence-electron chi connectivity index (χ4n) is 0.152. The smallest absolute Gasteiger partial charge is 0.418 e. The second-order valence-electron chi connectivity index (χ2n) is 1.11. The molecular formula is C2H3BF4N2S. The maximum atomic E-state index is 9.75. The summed E-state index contributed by atoms with van der Waals surface area (Å²) >= 11 is 1.55. The summed E-state index contributed by atoms with van der Waals surface area (Å²) in [5.41, 5.74) is 3.54. The highest BCUT2D eigenvalue weighted by atomic mass is 32.1. The zero-order valence-corrected chi connectivity index (χ0v) is 5.42. The molecule has 0 aliphatic heterocycles. The van der Waals surface area contributed by atoms with Gasteiger partial charge in [0.05, 0.1) is 0 Å². The number of hydrogen-bond acceptors (Lipinski definition) is 2. The van der Waals surface area contributed by atoms with E-state index in [4.69, 9.17) is 0 Å². The van der Waals surface area contributed by atoms with E-state index in [0.717, 1.165) is 0 Å². The van der Waals surface area contributed by atoms with Crippen LogP contribution in [0.3, 0.4) is 0 Å². The molecule has 0 spiro atoms. The Bertz CT molecular complexity index is 128. The number of H-pyrrole nitrogens is 1. The van der Waals surface area contributed by atoms with E-state index in [9.17, 15) is 17.3 Å². The standard InChI is InChI=1S/C2H2N2S.BF4/c1-3-4-2-5-1;2-1(3,4)5/h1-2H;/q;-1/p+1. The maximum Gasteiger partial charge on any atom is 0.673 e. The van der Waals surface area contributed by atoms with Crippen LogP contribution >= 0.6 is 11.3 Å². The Kier molecular flexibility index (Phi) is 3.93. The Balaban J connectivity index is 0.000000162. The van der Waals surface area contributed by atoms with Crippen LogP contribution < -0.4 is 5.10 Å². The molecule has 0 bridgehead atoms. The molecule has 0 unspecified atom stereocenters. The molecule has 1 rings (SSSR count). The summed E-state index contributed by atoms with van der Waals surface area (Å²) in [7, 11) is -6.00. The van der Waals surface area contributed by atoms with Gasteiger partial charge in [-0.05, 0) is 0 Å². The zero-order chi connectivity index (χ0) is 8.04. The molecular weight excluding hydrogens is 171 g/mol. The number of nitrogens with one attached hydrogen (secondary N) is 1. The van der Waals surface area contributed by atoms with Gasteiger partial charge in [0, 0.05) is 5.10 Å². The topological polar surface area (TPSA) is 27.0 Å². The van der Waals surface area contributed by atoms with Gasteiger partial charge < -0.3 is 17.3 Å². The largest absolute Gasteiger partial charge is 0.673 e. The van der Waals surface area contributed by atoms with E-state index in [-0.39, 0.29) is 0 Å². The van der Waals surface area contributed by atoms with Crippen molar-refractivity contribution in [3.63, 3.8) is 0 Å². The van der Waals surface area contributed by atoms with E-state index in [1.165, 1.54) is 0 Å². The third-order valence-electron chi connectivity index (χ3n) is 0.309. The average Bonchev–Trinajstić information content (AvgIpc) is 2.07. The SMILES string of the molecule is F[B-](F)(F)F.c1n[nH+]cs1. The predicted octanol–water partition coefficient (Wildman–Crippen LogP) is 1.26. The molecule has 2 nitrogen and oxygen atoms in total. The van der Waals surface area contributed by atoms with E-state index >= 15 is 0 Å². The molecule has 0 atom stereocenters. The number of hydrogen-bond donors (Lipinski definition) is 0. The minimum Gasteiger partial charge on any atom is -0.418 e. The molecule has 0 amide bonds. The van der Waals surface area contributed by atoms with Crippen LogP contribution in [0.4, 0.5) is 17.3 Å². The third kappa shape index (κ3) is 15.7. The molecule has 10 heavy (non-hydrogen) atoms. The van der Waals surface area contributed by atoms with Crippen molar-refractivity contribution in [3.05, 3.63) is 11.0 Å². The van der Waals surface area contributed by atoms with Crippen LogP contribution in [0, 0.1) is 0 Å². The average molecular weight is 174 g/mol. The Labute approximate surface area is 58.0 Å². The van der Waals surface area contributed by atoms with E-state index in [0.29, 0.717) is 0 Å². The van der Waals surface area contributed by atoms with Gasteiger partial charge in [0.25, 0.3) is 0 Å². The van der Waals surface area contributed by atoms with E-state index < -0.39 is 7.25 Å². The summed E-state index contributed by atoms with van der Waals surface area (Å²) in [4.78, 5) is 0. The molecule has 0 aliphatic carbocycles. The quantitative estimate of drug-likeness (QED) is 0.429. The van der Waals surface area contributed by atoms with Crippen LogP contribution in [0.5, 0.6) is 0 Å². The third-order valence-corrected chi connectivity index (χ3v) is 0.777. The lowest BCUT2D eigenvalue weighted by atomic mass is 10.3. The van der Waals surface area contributed by atoms with Crippen LogP contribution in [0.15, 0.2) is 11.0 Å². The predicted molar refractivity (Wildman–Crippen MR) is 28.9 cm³/mol. The fourth-order valence-corrected chi connectivity index (χ4v) is 0.456. The summed E-state index contributed by atoms with van der Waals surface area (Å²) in [6.45, 7) is 0. The molecule has 1 N–H and O–H groups in total. The molecule has 8 heteroatoms. The molecule has 0 radical (unpaired) electrons. The molecule has 58 valence electrons. The van der Waals surface area contributed by atoms with Gasteiger partial charge in [0.1, 0.15) is 0 Å². The lowest BCUT2D eigenvalue weighted by Crippen LogP contribution is -2.02. The summed E-state index contributed by atoms with van der Waals surface area (Å²) in [5.74, 6) is 0.